The molecule has 0 aromatic heterocycles. The number of nitrogens with zero attached hydrogens (tertiary/aromatic N) is 1. The van der Waals surface area contributed by atoms with E-state index < -0.39 is 37.4 Å². The molecule has 3 amide bonds. The van der Waals surface area contributed by atoms with Crippen LogP contribution in [-0.2, 0) is 23.6 Å². The summed E-state index contributed by atoms with van der Waals surface area (Å²) in [5.74, 6) is -3.97. The summed E-state index contributed by atoms with van der Waals surface area (Å²) in [5.41, 5.74) is 0.851. The van der Waals surface area contributed by atoms with Gasteiger partial charge in [-0.25, -0.2) is 4.79 Å². The van der Waals surface area contributed by atoms with Crippen molar-refractivity contribution in [3.05, 3.63) is 29.8 Å². The van der Waals surface area contributed by atoms with Gasteiger partial charge in [0.05, 0.1) is 6.04 Å². The van der Waals surface area contributed by atoms with Crippen LogP contribution in [0.3, 0.4) is 0 Å². The topological polar surface area (TPSA) is 130 Å². The molecule has 1 aliphatic heterocycles. The summed E-state index contributed by atoms with van der Waals surface area (Å²) in [6, 6.07) is 5.45. The van der Waals surface area contributed by atoms with E-state index in [0.717, 1.165) is 11.8 Å². The molecule has 9 nitrogen and oxygen atoms in total. The van der Waals surface area contributed by atoms with Crippen LogP contribution in [-0.4, -0.2) is 65.0 Å². The zero-order chi connectivity index (χ0) is 25.1. The van der Waals surface area contributed by atoms with Gasteiger partial charge in [0.25, 0.3) is 0 Å². The van der Waals surface area contributed by atoms with Gasteiger partial charge in [-0.2, -0.15) is 0 Å². The molecule has 2 atom stereocenters. The Morgan fingerprint density at radius 3 is 2.21 bits per heavy atom. The molecule has 1 heterocycles. The maximum Gasteiger partial charge on any atom is 0.395 e. The summed E-state index contributed by atoms with van der Waals surface area (Å²) in [4.78, 5) is 60.4. The van der Waals surface area contributed by atoms with Crippen molar-refractivity contribution in [2.24, 2.45) is 0 Å². The Bertz CT molecular complexity index is 956. The van der Waals surface area contributed by atoms with Gasteiger partial charge in [-0.05, 0) is 48.8 Å². The number of hydrogen-bond donors (Lipinski definition) is 2. The molecule has 1 saturated heterocycles. The van der Waals surface area contributed by atoms with Gasteiger partial charge in [0.15, 0.2) is 8.32 Å². The highest BCUT2D eigenvalue weighted by atomic mass is 32.2. The lowest BCUT2D eigenvalue weighted by atomic mass is 9.98. The van der Waals surface area contributed by atoms with Crippen molar-refractivity contribution in [1.82, 2.24) is 4.90 Å². The largest absolute Gasteiger partial charge is 0.474 e. The van der Waals surface area contributed by atoms with Gasteiger partial charge in [0, 0.05) is 24.8 Å². The first-order valence-electron chi connectivity index (χ1n) is 10.5. The molecule has 0 spiro atoms. The lowest BCUT2D eigenvalue weighted by Crippen LogP contribution is -2.67. The van der Waals surface area contributed by atoms with Gasteiger partial charge in [-0.3, -0.25) is 24.1 Å². The molecule has 11 heteroatoms. The number of rotatable bonds is 7. The monoisotopic (exact) mass is 494 g/mol. The van der Waals surface area contributed by atoms with Crippen LogP contribution in [0.1, 0.15) is 44.5 Å². The third kappa shape index (κ3) is 6.30. The SMILES string of the molecule is CC(=O)Nc1ccc(C(=O)S[C@@H]2C(=O)N(C(=O)C(=O)O)[C@@H]2CCO[Si](C)(C)C(C)(C)C)cc1. The van der Waals surface area contributed by atoms with E-state index in [1.165, 1.54) is 19.1 Å². The average molecular weight is 495 g/mol. The van der Waals surface area contributed by atoms with Gasteiger partial charge < -0.3 is 14.8 Å². The number of aliphatic carboxylic acids is 1. The number of likely N-dealkylation sites (tertiary alicyclic amines) is 1. The van der Waals surface area contributed by atoms with Crippen LogP contribution in [0.5, 0.6) is 0 Å². The molecule has 0 saturated carbocycles. The van der Waals surface area contributed by atoms with Crippen molar-refractivity contribution in [2.45, 2.75) is 63.5 Å². The minimum absolute atomic E-state index is 0.0352. The number of benzene rings is 1. The van der Waals surface area contributed by atoms with Gasteiger partial charge in [0.1, 0.15) is 5.25 Å². The maximum absolute atomic E-state index is 12.7. The molecule has 0 bridgehead atoms. The predicted octanol–water partition coefficient (Wildman–Crippen LogP) is 3.12. The highest BCUT2D eigenvalue weighted by Crippen LogP contribution is 2.38. The third-order valence-electron chi connectivity index (χ3n) is 5.92. The molecule has 2 N–H and O–H groups in total. The Morgan fingerprint density at radius 2 is 1.73 bits per heavy atom. The second kappa shape index (κ2) is 10.2. The van der Waals surface area contributed by atoms with Crippen molar-refractivity contribution in [2.75, 3.05) is 11.9 Å². The molecular formula is C22H30N2O7SSi. The van der Waals surface area contributed by atoms with E-state index in [2.05, 4.69) is 39.2 Å². The number of carboxylic acids is 1. The second-order valence-electron chi connectivity index (χ2n) is 9.37. The Morgan fingerprint density at radius 1 is 1.15 bits per heavy atom. The molecule has 1 aliphatic rings. The Labute approximate surface area is 198 Å². The number of carbonyl (C=O) groups is 5. The van der Waals surface area contributed by atoms with Crippen LogP contribution in [0.15, 0.2) is 24.3 Å². The first kappa shape index (κ1) is 26.7. The first-order valence-corrected chi connectivity index (χ1v) is 14.3. The van der Waals surface area contributed by atoms with E-state index >= 15 is 0 Å². The number of thioether (sulfide) groups is 1. The number of imide groups is 1. The smallest absolute Gasteiger partial charge is 0.395 e. The van der Waals surface area contributed by atoms with E-state index in [-0.39, 0.29) is 29.1 Å². The summed E-state index contributed by atoms with van der Waals surface area (Å²) in [7, 11) is -2.08. The quantitative estimate of drug-likeness (QED) is 0.336. The van der Waals surface area contributed by atoms with Crippen LogP contribution in [0, 0.1) is 0 Å². The number of amides is 3. The number of carbonyl (C=O) groups excluding carboxylic acids is 4. The molecule has 180 valence electrons. The summed E-state index contributed by atoms with van der Waals surface area (Å²) >= 11 is 0.765. The van der Waals surface area contributed by atoms with Crippen molar-refractivity contribution in [3.63, 3.8) is 0 Å². The van der Waals surface area contributed by atoms with Crippen LogP contribution in [0.4, 0.5) is 5.69 Å². The number of β-lactam (4-membered cyclic amide) rings is 1. The number of hydrogen-bond acceptors (Lipinski definition) is 7. The lowest BCUT2D eigenvalue weighted by Gasteiger charge is -2.44. The minimum atomic E-state index is -2.08. The summed E-state index contributed by atoms with van der Waals surface area (Å²) in [5, 5.41) is 10.4. The van der Waals surface area contributed by atoms with E-state index in [4.69, 9.17) is 9.53 Å². The number of anilines is 1. The first-order chi connectivity index (χ1) is 15.2. The minimum Gasteiger partial charge on any atom is -0.474 e. The highest BCUT2D eigenvalue weighted by molar-refractivity contribution is 8.15. The molecule has 0 aliphatic carbocycles. The van der Waals surface area contributed by atoms with E-state index in [0.29, 0.717) is 16.2 Å². The molecule has 1 aromatic rings. The molecule has 2 rings (SSSR count). The van der Waals surface area contributed by atoms with E-state index in [9.17, 15) is 24.0 Å². The van der Waals surface area contributed by atoms with E-state index in [1.54, 1.807) is 12.1 Å². The van der Waals surface area contributed by atoms with Crippen LogP contribution in [0.25, 0.3) is 0 Å². The fourth-order valence-corrected chi connectivity index (χ4v) is 5.20. The average Bonchev–Trinajstić information content (AvgIpc) is 2.70. The van der Waals surface area contributed by atoms with Gasteiger partial charge in [0.2, 0.25) is 16.9 Å². The fourth-order valence-electron chi connectivity index (χ4n) is 3.01. The summed E-state index contributed by atoms with van der Waals surface area (Å²) in [6.07, 6.45) is 0.240. The lowest BCUT2D eigenvalue weighted by molar-refractivity contribution is -0.168. The van der Waals surface area contributed by atoms with E-state index in [1.807, 2.05) is 0 Å². The Kier molecular flexibility index (Phi) is 8.25. The van der Waals surface area contributed by atoms with Crippen molar-refractivity contribution in [3.8, 4) is 0 Å². The molecule has 0 radical (unpaired) electrons. The molecule has 33 heavy (non-hydrogen) atoms. The van der Waals surface area contributed by atoms with Crippen molar-refractivity contribution >= 4 is 54.6 Å². The second-order valence-corrected chi connectivity index (χ2v) is 15.3. The summed E-state index contributed by atoms with van der Waals surface area (Å²) < 4.78 is 6.12. The molecule has 1 fully saturated rings. The van der Waals surface area contributed by atoms with Crippen LogP contribution in [0.2, 0.25) is 18.1 Å². The Hall–Kier alpha value is -2.50. The van der Waals surface area contributed by atoms with Gasteiger partial charge in [-0.1, -0.05) is 32.5 Å². The standard InChI is InChI=1S/C22H30N2O7SSi/c1-13(25)23-15-9-7-14(8-10-15)21(30)32-17-16(24(18(17)26)19(27)20(28)29)11-12-31-33(5,6)22(2,3)4/h7-10,16-17H,11-12H2,1-6H3,(H,23,25)(H,28,29)/t16-,17+/m1/s1. The van der Waals surface area contributed by atoms with Crippen molar-refractivity contribution in [1.29, 1.82) is 0 Å². The zero-order valence-corrected chi connectivity index (χ0v) is 21.4. The normalized spacial score (nSPS) is 18.5. The van der Waals surface area contributed by atoms with Gasteiger partial charge in [-0.15, -0.1) is 0 Å². The number of nitrogens with one attached hydrogen (secondary N) is 1. The third-order valence-corrected chi connectivity index (χ3v) is 11.7. The number of carboxylic acid groups (broad SMARTS) is 1. The maximum atomic E-state index is 12.7. The predicted molar refractivity (Wildman–Crippen MR) is 127 cm³/mol. The fraction of sp³-hybridized carbons (Fsp3) is 0.500. The molecular weight excluding hydrogens is 464 g/mol. The summed E-state index contributed by atoms with van der Waals surface area (Å²) in [6.45, 7) is 12.0. The highest BCUT2D eigenvalue weighted by Gasteiger charge is 2.53. The van der Waals surface area contributed by atoms with Crippen molar-refractivity contribution < 1.29 is 33.5 Å². The molecule has 1 aromatic carbocycles. The van der Waals surface area contributed by atoms with Gasteiger partial charge >= 0.3 is 11.9 Å². The van der Waals surface area contributed by atoms with Crippen LogP contribution >= 0.6 is 11.8 Å². The zero-order valence-electron chi connectivity index (χ0n) is 19.6. The Balaban J connectivity index is 2.12. The molecule has 0 unspecified atom stereocenters. The van der Waals surface area contributed by atoms with Crippen LogP contribution < -0.4 is 5.32 Å².